The summed E-state index contributed by atoms with van der Waals surface area (Å²) >= 11 is 6.14. The molecule has 0 amide bonds. The van der Waals surface area contributed by atoms with Gasteiger partial charge in [0.1, 0.15) is 15.7 Å². The number of hydrogen-bond donors (Lipinski definition) is 1. The third-order valence-corrected chi connectivity index (χ3v) is 6.11. The molecule has 106 valence electrons. The van der Waals surface area contributed by atoms with E-state index in [1.807, 2.05) is 0 Å². The van der Waals surface area contributed by atoms with Crippen LogP contribution in [0.1, 0.15) is 36.7 Å². The second-order valence-corrected chi connectivity index (χ2v) is 8.09. The number of aliphatic hydroxyl groups excluding tert-OH is 1. The molecular formula is C12H17ClN2O3S. The molecule has 1 fully saturated rings. The van der Waals surface area contributed by atoms with Gasteiger partial charge in [-0.15, -0.1) is 0 Å². The predicted octanol–water partition coefficient (Wildman–Crippen LogP) is 1.14. The highest BCUT2D eigenvalue weighted by molar-refractivity contribution is 7.91. The van der Waals surface area contributed by atoms with Crippen molar-refractivity contribution in [3.63, 3.8) is 0 Å². The average Bonchev–Trinajstić information content (AvgIpc) is 2.67. The van der Waals surface area contributed by atoms with E-state index in [-0.39, 0.29) is 23.5 Å². The SMILES string of the molecule is O=S1(=O)CCC(c2nc(Cl)c3n2CCC(O)C3)CC1. The summed E-state index contributed by atoms with van der Waals surface area (Å²) < 4.78 is 25.0. The number of fused-ring (bicyclic) bond motifs is 1. The van der Waals surface area contributed by atoms with Crippen molar-refractivity contribution < 1.29 is 13.5 Å². The van der Waals surface area contributed by atoms with Gasteiger partial charge < -0.3 is 9.67 Å². The van der Waals surface area contributed by atoms with Gasteiger partial charge in [0, 0.05) is 18.9 Å². The molecule has 1 saturated heterocycles. The summed E-state index contributed by atoms with van der Waals surface area (Å²) in [6.45, 7) is 0.717. The second-order valence-electron chi connectivity index (χ2n) is 5.43. The molecule has 1 N–H and O–H groups in total. The molecule has 7 heteroatoms. The van der Waals surface area contributed by atoms with Crippen LogP contribution in [0.15, 0.2) is 0 Å². The van der Waals surface area contributed by atoms with Crippen molar-refractivity contribution in [2.75, 3.05) is 11.5 Å². The van der Waals surface area contributed by atoms with Gasteiger partial charge in [0.05, 0.1) is 23.3 Å². The van der Waals surface area contributed by atoms with Gasteiger partial charge in [-0.1, -0.05) is 11.6 Å². The maximum Gasteiger partial charge on any atom is 0.150 e. The quantitative estimate of drug-likeness (QED) is 0.844. The van der Waals surface area contributed by atoms with Crippen LogP contribution in [0.3, 0.4) is 0 Å². The highest BCUT2D eigenvalue weighted by Gasteiger charge is 2.31. The average molecular weight is 305 g/mol. The minimum absolute atomic E-state index is 0.171. The van der Waals surface area contributed by atoms with Gasteiger partial charge in [-0.25, -0.2) is 13.4 Å². The molecule has 3 rings (SSSR count). The largest absolute Gasteiger partial charge is 0.393 e. The van der Waals surface area contributed by atoms with Crippen LogP contribution in [0.5, 0.6) is 0 Å². The number of rotatable bonds is 1. The van der Waals surface area contributed by atoms with E-state index in [0.717, 1.165) is 18.1 Å². The molecule has 2 aliphatic rings. The summed E-state index contributed by atoms with van der Waals surface area (Å²) in [6.07, 6.45) is 2.14. The zero-order valence-corrected chi connectivity index (χ0v) is 12.1. The lowest BCUT2D eigenvalue weighted by Gasteiger charge is -2.26. The van der Waals surface area contributed by atoms with E-state index < -0.39 is 9.84 Å². The van der Waals surface area contributed by atoms with Crippen molar-refractivity contribution in [1.82, 2.24) is 9.55 Å². The first-order chi connectivity index (χ1) is 8.96. The van der Waals surface area contributed by atoms with E-state index >= 15 is 0 Å². The predicted molar refractivity (Wildman–Crippen MR) is 72.2 cm³/mol. The van der Waals surface area contributed by atoms with E-state index in [4.69, 9.17) is 11.6 Å². The maximum absolute atomic E-state index is 11.5. The molecule has 1 atom stereocenters. The van der Waals surface area contributed by atoms with Crippen molar-refractivity contribution in [3.8, 4) is 0 Å². The van der Waals surface area contributed by atoms with Gasteiger partial charge >= 0.3 is 0 Å². The fourth-order valence-electron chi connectivity index (χ4n) is 2.98. The van der Waals surface area contributed by atoms with Crippen molar-refractivity contribution in [2.24, 2.45) is 0 Å². The lowest BCUT2D eigenvalue weighted by Crippen LogP contribution is -2.27. The summed E-state index contributed by atoms with van der Waals surface area (Å²) in [5, 5.41) is 10.1. The minimum atomic E-state index is -2.86. The number of sulfone groups is 1. The molecule has 0 spiro atoms. The molecule has 19 heavy (non-hydrogen) atoms. The Balaban J connectivity index is 1.88. The van der Waals surface area contributed by atoms with Gasteiger partial charge in [-0.3, -0.25) is 0 Å². The number of imidazole rings is 1. The Morgan fingerprint density at radius 1 is 1.26 bits per heavy atom. The first-order valence-electron chi connectivity index (χ1n) is 6.59. The third-order valence-electron chi connectivity index (χ3n) is 4.09. The van der Waals surface area contributed by atoms with Crippen molar-refractivity contribution in [1.29, 1.82) is 0 Å². The summed E-state index contributed by atoms with van der Waals surface area (Å²) in [6, 6.07) is 0. The smallest absolute Gasteiger partial charge is 0.150 e. The Morgan fingerprint density at radius 3 is 2.63 bits per heavy atom. The van der Waals surface area contributed by atoms with Crippen molar-refractivity contribution in [3.05, 3.63) is 16.7 Å². The van der Waals surface area contributed by atoms with Crippen LogP contribution in [0.4, 0.5) is 0 Å². The molecule has 1 unspecified atom stereocenters. The van der Waals surface area contributed by atoms with Crippen LogP contribution >= 0.6 is 11.6 Å². The van der Waals surface area contributed by atoms with Gasteiger partial charge in [0.25, 0.3) is 0 Å². The topological polar surface area (TPSA) is 72.2 Å². The number of aliphatic hydroxyl groups is 1. The summed E-state index contributed by atoms with van der Waals surface area (Å²) in [7, 11) is -2.86. The van der Waals surface area contributed by atoms with Crippen LogP contribution in [0.25, 0.3) is 0 Å². The molecular weight excluding hydrogens is 288 g/mol. The molecule has 5 nitrogen and oxygen atoms in total. The Kier molecular flexibility index (Phi) is 3.35. The first-order valence-corrected chi connectivity index (χ1v) is 8.79. The van der Waals surface area contributed by atoms with E-state index in [1.54, 1.807) is 0 Å². The highest BCUT2D eigenvalue weighted by Crippen LogP contribution is 2.33. The summed E-state index contributed by atoms with van der Waals surface area (Å²) in [5.41, 5.74) is 0.892. The number of halogens is 1. The van der Waals surface area contributed by atoms with E-state index in [0.29, 0.717) is 30.8 Å². The van der Waals surface area contributed by atoms with Gasteiger partial charge in [0.15, 0.2) is 5.15 Å². The first kappa shape index (κ1) is 13.4. The van der Waals surface area contributed by atoms with Crippen LogP contribution in [-0.4, -0.2) is 40.7 Å². The standard InChI is InChI=1S/C12H17ClN2O3S/c13-11-10-7-9(16)1-4-15(10)12(14-11)8-2-5-19(17,18)6-3-8/h8-9,16H,1-7H2. The molecule has 2 aliphatic heterocycles. The maximum atomic E-state index is 11.5. The van der Waals surface area contributed by atoms with Gasteiger partial charge in [-0.05, 0) is 19.3 Å². The van der Waals surface area contributed by atoms with Crippen molar-refractivity contribution in [2.45, 2.75) is 44.2 Å². The van der Waals surface area contributed by atoms with Crippen LogP contribution in [0.2, 0.25) is 5.15 Å². The van der Waals surface area contributed by atoms with Gasteiger partial charge in [-0.2, -0.15) is 0 Å². The molecule has 0 aromatic carbocycles. The Hall–Kier alpha value is -0.590. The lowest BCUT2D eigenvalue weighted by molar-refractivity contribution is 0.142. The number of hydrogen-bond acceptors (Lipinski definition) is 4. The Bertz CT molecular complexity index is 582. The van der Waals surface area contributed by atoms with Gasteiger partial charge in [0.2, 0.25) is 0 Å². The van der Waals surface area contributed by atoms with Crippen molar-refractivity contribution >= 4 is 21.4 Å². The monoisotopic (exact) mass is 304 g/mol. The lowest BCUT2D eigenvalue weighted by atomic mass is 10.0. The second kappa shape index (κ2) is 4.75. The molecule has 0 saturated carbocycles. The zero-order valence-electron chi connectivity index (χ0n) is 10.5. The normalized spacial score (nSPS) is 27.2. The minimum Gasteiger partial charge on any atom is -0.393 e. The zero-order chi connectivity index (χ0) is 13.6. The van der Waals surface area contributed by atoms with Crippen LogP contribution in [-0.2, 0) is 22.8 Å². The van der Waals surface area contributed by atoms with E-state index in [2.05, 4.69) is 9.55 Å². The summed E-state index contributed by atoms with van der Waals surface area (Å²) in [5.74, 6) is 1.55. The molecule has 3 heterocycles. The summed E-state index contributed by atoms with van der Waals surface area (Å²) in [4.78, 5) is 4.42. The molecule has 0 bridgehead atoms. The number of nitrogens with zero attached hydrogens (tertiary/aromatic N) is 2. The van der Waals surface area contributed by atoms with E-state index in [9.17, 15) is 13.5 Å². The number of aromatic nitrogens is 2. The van der Waals surface area contributed by atoms with Crippen LogP contribution < -0.4 is 0 Å². The molecule has 0 aliphatic carbocycles. The fourth-order valence-corrected chi connectivity index (χ4v) is 4.74. The third kappa shape index (κ3) is 2.53. The Morgan fingerprint density at radius 2 is 1.95 bits per heavy atom. The molecule has 0 radical (unpaired) electrons. The molecule has 1 aromatic heterocycles. The fraction of sp³-hybridized carbons (Fsp3) is 0.750. The molecule has 1 aromatic rings. The highest BCUT2D eigenvalue weighted by atomic mass is 35.5. The van der Waals surface area contributed by atoms with E-state index in [1.165, 1.54) is 0 Å². The van der Waals surface area contributed by atoms with Crippen LogP contribution in [0, 0.1) is 0 Å². The Labute approximate surface area is 117 Å².